The molecule has 1 atom stereocenters. The monoisotopic (exact) mass is 204 g/mol. The zero-order valence-corrected chi connectivity index (χ0v) is 8.52. The first kappa shape index (κ1) is 9.93. The Balaban J connectivity index is 2.36. The number of benzene rings is 1. The number of hydrogen-bond donors (Lipinski definition) is 1. The van der Waals surface area contributed by atoms with E-state index in [9.17, 15) is 4.39 Å². The molecule has 0 saturated carbocycles. The molecule has 78 valence electrons. The van der Waals surface area contributed by atoms with E-state index in [0.29, 0.717) is 0 Å². The zero-order valence-electron chi connectivity index (χ0n) is 8.52. The topological polar surface area (TPSA) is 30.9 Å². The van der Waals surface area contributed by atoms with Crippen LogP contribution in [0.1, 0.15) is 17.3 Å². The molecule has 2 nitrogen and oxygen atoms in total. The molecule has 1 aromatic heterocycles. The van der Waals surface area contributed by atoms with E-state index < -0.39 is 0 Å². The van der Waals surface area contributed by atoms with Crippen molar-refractivity contribution < 1.29 is 4.39 Å². The third-order valence-corrected chi connectivity index (χ3v) is 2.51. The van der Waals surface area contributed by atoms with Gasteiger partial charge >= 0.3 is 0 Å². The van der Waals surface area contributed by atoms with Gasteiger partial charge in [0.05, 0.1) is 6.04 Å². The molecule has 3 heteroatoms. The molecule has 0 bridgehead atoms. The van der Waals surface area contributed by atoms with Gasteiger partial charge in [0.15, 0.2) is 0 Å². The standard InChI is InChI=1S/C12H13FN2/c1-15-7-3-6-11(15)12(14)9-4-2-5-10(13)8-9/h2-8,12H,14H2,1H3. The van der Waals surface area contributed by atoms with Gasteiger partial charge in [0.1, 0.15) is 5.82 Å². The van der Waals surface area contributed by atoms with E-state index in [2.05, 4.69) is 0 Å². The van der Waals surface area contributed by atoms with Gasteiger partial charge in [-0.2, -0.15) is 0 Å². The average Bonchev–Trinajstić information content (AvgIpc) is 2.63. The summed E-state index contributed by atoms with van der Waals surface area (Å²) >= 11 is 0. The van der Waals surface area contributed by atoms with Crippen molar-refractivity contribution in [2.24, 2.45) is 12.8 Å². The number of aryl methyl sites for hydroxylation is 1. The van der Waals surface area contributed by atoms with Crippen molar-refractivity contribution in [1.82, 2.24) is 4.57 Å². The van der Waals surface area contributed by atoms with Crippen LogP contribution >= 0.6 is 0 Å². The van der Waals surface area contributed by atoms with E-state index in [4.69, 9.17) is 5.73 Å². The number of nitrogens with zero attached hydrogens (tertiary/aromatic N) is 1. The molecular weight excluding hydrogens is 191 g/mol. The van der Waals surface area contributed by atoms with E-state index >= 15 is 0 Å². The summed E-state index contributed by atoms with van der Waals surface area (Å²) in [6, 6.07) is 9.98. The minimum atomic E-state index is -0.277. The van der Waals surface area contributed by atoms with Crippen LogP contribution in [0, 0.1) is 5.82 Å². The SMILES string of the molecule is Cn1cccc1C(N)c1cccc(F)c1. The molecule has 0 aliphatic heterocycles. The second kappa shape index (κ2) is 3.87. The average molecular weight is 204 g/mol. The molecular formula is C12H13FN2. The highest BCUT2D eigenvalue weighted by atomic mass is 19.1. The van der Waals surface area contributed by atoms with Gasteiger partial charge in [0.25, 0.3) is 0 Å². The first-order chi connectivity index (χ1) is 7.18. The van der Waals surface area contributed by atoms with Crippen LogP contribution in [0.5, 0.6) is 0 Å². The fourth-order valence-electron chi connectivity index (χ4n) is 1.67. The molecule has 15 heavy (non-hydrogen) atoms. The molecule has 0 radical (unpaired) electrons. The summed E-state index contributed by atoms with van der Waals surface area (Å²) in [7, 11) is 1.93. The maximum absolute atomic E-state index is 13.0. The first-order valence-electron chi connectivity index (χ1n) is 4.81. The van der Waals surface area contributed by atoms with E-state index in [1.807, 2.05) is 36.0 Å². The molecule has 0 aliphatic rings. The molecule has 2 aromatic rings. The number of nitrogens with two attached hydrogens (primary N) is 1. The van der Waals surface area contributed by atoms with Gasteiger partial charge in [-0.3, -0.25) is 0 Å². The lowest BCUT2D eigenvalue weighted by Crippen LogP contribution is -2.15. The van der Waals surface area contributed by atoms with Gasteiger partial charge < -0.3 is 10.3 Å². The van der Waals surface area contributed by atoms with E-state index in [1.165, 1.54) is 12.1 Å². The molecule has 1 heterocycles. The van der Waals surface area contributed by atoms with Gasteiger partial charge in [-0.1, -0.05) is 12.1 Å². The van der Waals surface area contributed by atoms with E-state index in [0.717, 1.165) is 11.3 Å². The predicted octanol–water partition coefficient (Wildman–Crippen LogP) is 2.21. The Hall–Kier alpha value is -1.61. The Bertz CT molecular complexity index is 462. The quantitative estimate of drug-likeness (QED) is 0.798. The van der Waals surface area contributed by atoms with Gasteiger partial charge in [0, 0.05) is 18.9 Å². The molecule has 1 unspecified atom stereocenters. The molecule has 0 amide bonds. The molecule has 0 spiro atoms. The summed E-state index contributed by atoms with van der Waals surface area (Å²) in [5.74, 6) is -0.253. The number of hydrogen-bond acceptors (Lipinski definition) is 1. The van der Waals surface area contributed by atoms with Crippen LogP contribution in [0.25, 0.3) is 0 Å². The second-order valence-electron chi connectivity index (χ2n) is 3.58. The number of aromatic nitrogens is 1. The predicted molar refractivity (Wildman–Crippen MR) is 57.8 cm³/mol. The van der Waals surface area contributed by atoms with Gasteiger partial charge in [-0.15, -0.1) is 0 Å². The van der Waals surface area contributed by atoms with Gasteiger partial charge in [0.2, 0.25) is 0 Å². The van der Waals surface area contributed by atoms with E-state index in [-0.39, 0.29) is 11.9 Å². The van der Waals surface area contributed by atoms with Crippen molar-refractivity contribution in [2.45, 2.75) is 6.04 Å². The lowest BCUT2D eigenvalue weighted by atomic mass is 10.0. The highest BCUT2D eigenvalue weighted by molar-refractivity contribution is 5.28. The summed E-state index contributed by atoms with van der Waals surface area (Å²) in [6.07, 6.45) is 1.93. The highest BCUT2D eigenvalue weighted by Crippen LogP contribution is 2.19. The molecule has 2 rings (SSSR count). The van der Waals surface area contributed by atoms with Gasteiger partial charge in [-0.05, 0) is 29.8 Å². The third kappa shape index (κ3) is 1.92. The zero-order chi connectivity index (χ0) is 10.8. The van der Waals surface area contributed by atoms with Gasteiger partial charge in [-0.25, -0.2) is 4.39 Å². The molecule has 1 aromatic carbocycles. The maximum atomic E-state index is 13.0. The minimum Gasteiger partial charge on any atom is -0.353 e. The van der Waals surface area contributed by atoms with Crippen molar-refractivity contribution in [2.75, 3.05) is 0 Å². The molecule has 0 fully saturated rings. The summed E-state index contributed by atoms with van der Waals surface area (Å²) in [5, 5.41) is 0. The van der Waals surface area contributed by atoms with Crippen molar-refractivity contribution in [3.63, 3.8) is 0 Å². The summed E-state index contributed by atoms with van der Waals surface area (Å²) in [6.45, 7) is 0. The highest BCUT2D eigenvalue weighted by Gasteiger charge is 2.11. The summed E-state index contributed by atoms with van der Waals surface area (Å²) in [4.78, 5) is 0. The normalized spacial score (nSPS) is 12.7. The van der Waals surface area contributed by atoms with Crippen LogP contribution in [-0.4, -0.2) is 4.57 Å². The van der Waals surface area contributed by atoms with Crippen LogP contribution < -0.4 is 5.73 Å². The number of halogens is 1. The second-order valence-corrected chi connectivity index (χ2v) is 3.58. The maximum Gasteiger partial charge on any atom is 0.123 e. The molecule has 0 aliphatic carbocycles. The number of rotatable bonds is 2. The Morgan fingerprint density at radius 3 is 2.67 bits per heavy atom. The van der Waals surface area contributed by atoms with Crippen LogP contribution in [0.2, 0.25) is 0 Å². The lowest BCUT2D eigenvalue weighted by Gasteiger charge is -2.13. The Kier molecular flexibility index (Phi) is 2.56. The Morgan fingerprint density at radius 1 is 1.27 bits per heavy atom. The smallest absolute Gasteiger partial charge is 0.123 e. The molecule has 2 N–H and O–H groups in total. The third-order valence-electron chi connectivity index (χ3n) is 2.51. The van der Waals surface area contributed by atoms with E-state index in [1.54, 1.807) is 6.07 Å². The van der Waals surface area contributed by atoms with Crippen molar-refractivity contribution >= 4 is 0 Å². The molecule has 0 saturated heterocycles. The Morgan fingerprint density at radius 2 is 2.07 bits per heavy atom. The van der Waals surface area contributed by atoms with Crippen molar-refractivity contribution in [3.8, 4) is 0 Å². The lowest BCUT2D eigenvalue weighted by molar-refractivity contribution is 0.622. The van der Waals surface area contributed by atoms with Crippen LogP contribution in [0.4, 0.5) is 4.39 Å². The fourth-order valence-corrected chi connectivity index (χ4v) is 1.67. The summed E-state index contributed by atoms with van der Waals surface area (Å²) < 4.78 is 14.9. The Labute approximate surface area is 88.1 Å². The largest absolute Gasteiger partial charge is 0.353 e. The van der Waals surface area contributed by atoms with Crippen LogP contribution in [0.3, 0.4) is 0 Å². The van der Waals surface area contributed by atoms with Crippen molar-refractivity contribution in [1.29, 1.82) is 0 Å². The van der Waals surface area contributed by atoms with Crippen molar-refractivity contribution in [3.05, 3.63) is 59.7 Å². The minimum absolute atomic E-state index is 0.253. The van der Waals surface area contributed by atoms with Crippen LogP contribution in [-0.2, 0) is 7.05 Å². The first-order valence-corrected chi connectivity index (χ1v) is 4.81. The van der Waals surface area contributed by atoms with Crippen LogP contribution in [0.15, 0.2) is 42.6 Å². The summed E-state index contributed by atoms with van der Waals surface area (Å²) in [5.41, 5.74) is 7.80. The fraction of sp³-hybridized carbons (Fsp3) is 0.167.